The van der Waals surface area contributed by atoms with Gasteiger partial charge in [-0.25, -0.2) is 9.97 Å². The summed E-state index contributed by atoms with van der Waals surface area (Å²) in [6.45, 7) is 3.97. The van der Waals surface area contributed by atoms with Crippen LogP contribution in [0.5, 0.6) is 0 Å². The van der Waals surface area contributed by atoms with Crippen LogP contribution in [0.3, 0.4) is 0 Å². The van der Waals surface area contributed by atoms with Crippen LogP contribution in [0.15, 0.2) is 17.4 Å². The van der Waals surface area contributed by atoms with E-state index in [1.165, 1.54) is 7.11 Å². The molecule has 1 unspecified atom stereocenters. The second-order valence-electron chi connectivity index (χ2n) is 3.83. The number of esters is 1. The Morgan fingerprint density at radius 2 is 2.29 bits per heavy atom. The Bertz CT molecular complexity index is 371. The Hall–Kier alpha value is -1.10. The Morgan fingerprint density at radius 1 is 1.53 bits per heavy atom. The topological polar surface area (TPSA) is 52.1 Å². The molecule has 0 radical (unpaired) electrons. The van der Waals surface area contributed by atoms with Gasteiger partial charge in [0.15, 0.2) is 0 Å². The highest BCUT2D eigenvalue weighted by Gasteiger charge is 2.13. The highest BCUT2D eigenvalue weighted by molar-refractivity contribution is 7.99. The van der Waals surface area contributed by atoms with Crippen LogP contribution in [0.25, 0.3) is 0 Å². The molecule has 94 valence electrons. The lowest BCUT2D eigenvalue weighted by Crippen LogP contribution is -2.14. The van der Waals surface area contributed by atoms with Crippen molar-refractivity contribution in [2.45, 2.75) is 31.7 Å². The van der Waals surface area contributed by atoms with E-state index in [4.69, 9.17) is 0 Å². The number of aromatic nitrogens is 2. The molecule has 0 fully saturated rings. The number of aryl methyl sites for hydroxylation is 1. The number of ether oxygens (including phenoxy) is 1. The third kappa shape index (κ3) is 4.73. The van der Waals surface area contributed by atoms with Crippen molar-refractivity contribution < 1.29 is 9.53 Å². The summed E-state index contributed by atoms with van der Waals surface area (Å²) in [5, 5.41) is 0.916. The highest BCUT2D eigenvalue weighted by Crippen LogP contribution is 2.19. The largest absolute Gasteiger partial charge is 0.469 e. The molecule has 0 amide bonds. The van der Waals surface area contributed by atoms with Crippen molar-refractivity contribution in [2.75, 3.05) is 12.9 Å². The average molecular weight is 254 g/mol. The van der Waals surface area contributed by atoms with Gasteiger partial charge < -0.3 is 4.74 Å². The molecule has 1 aromatic rings. The monoisotopic (exact) mass is 254 g/mol. The van der Waals surface area contributed by atoms with Gasteiger partial charge in [0.2, 0.25) is 0 Å². The van der Waals surface area contributed by atoms with Gasteiger partial charge in [-0.05, 0) is 12.5 Å². The van der Waals surface area contributed by atoms with E-state index in [0.717, 1.165) is 23.6 Å². The van der Waals surface area contributed by atoms with E-state index >= 15 is 0 Å². The fourth-order valence-corrected chi connectivity index (χ4v) is 2.23. The van der Waals surface area contributed by atoms with Gasteiger partial charge in [0, 0.05) is 11.4 Å². The predicted octanol–water partition coefficient (Wildman–Crippen LogP) is 2.33. The van der Waals surface area contributed by atoms with Crippen molar-refractivity contribution >= 4 is 17.7 Å². The summed E-state index contributed by atoms with van der Waals surface area (Å²) in [6, 6.07) is 1.98. The summed E-state index contributed by atoms with van der Waals surface area (Å²) in [4.78, 5) is 19.6. The van der Waals surface area contributed by atoms with Crippen LogP contribution in [-0.4, -0.2) is 28.8 Å². The minimum atomic E-state index is -0.180. The zero-order valence-corrected chi connectivity index (χ0v) is 11.3. The van der Waals surface area contributed by atoms with Crippen LogP contribution in [0.2, 0.25) is 0 Å². The smallest absolute Gasteiger partial charge is 0.309 e. The maximum absolute atomic E-state index is 11.2. The molecule has 1 heterocycles. The van der Waals surface area contributed by atoms with Crippen LogP contribution in [-0.2, 0) is 16.0 Å². The van der Waals surface area contributed by atoms with Crippen molar-refractivity contribution in [1.82, 2.24) is 9.97 Å². The van der Waals surface area contributed by atoms with Gasteiger partial charge >= 0.3 is 5.97 Å². The van der Waals surface area contributed by atoms with Gasteiger partial charge in [0.1, 0.15) is 6.33 Å². The summed E-state index contributed by atoms with van der Waals surface area (Å²) in [6.07, 6.45) is 3.61. The minimum absolute atomic E-state index is 0.116. The molecule has 1 atom stereocenters. The molecule has 0 N–H and O–H groups in total. The van der Waals surface area contributed by atoms with E-state index in [0.29, 0.717) is 5.75 Å². The summed E-state index contributed by atoms with van der Waals surface area (Å²) in [7, 11) is 1.41. The lowest BCUT2D eigenvalue weighted by atomic mass is 10.2. The third-order valence-corrected chi connectivity index (χ3v) is 3.48. The first-order valence-corrected chi connectivity index (χ1v) is 6.67. The van der Waals surface area contributed by atoms with Crippen LogP contribution >= 0.6 is 11.8 Å². The zero-order chi connectivity index (χ0) is 12.7. The van der Waals surface area contributed by atoms with E-state index in [2.05, 4.69) is 21.6 Å². The molecule has 0 aliphatic carbocycles. The Kier molecular flexibility index (Phi) is 5.97. The number of nitrogens with zero attached hydrogens (tertiary/aromatic N) is 2. The molecule has 5 heteroatoms. The molecule has 0 bridgehead atoms. The molecule has 0 aromatic carbocycles. The van der Waals surface area contributed by atoms with Crippen molar-refractivity contribution in [2.24, 2.45) is 5.92 Å². The molecule has 1 aromatic heterocycles. The molecular formula is C12H18N2O2S. The first-order chi connectivity index (χ1) is 8.17. The Labute approximate surface area is 106 Å². The van der Waals surface area contributed by atoms with Crippen molar-refractivity contribution in [1.29, 1.82) is 0 Å². The molecule has 0 aliphatic rings. The molecule has 17 heavy (non-hydrogen) atoms. The molecule has 1 rings (SSSR count). The second kappa shape index (κ2) is 7.27. The van der Waals surface area contributed by atoms with Gasteiger partial charge in [0.05, 0.1) is 18.1 Å². The number of rotatable bonds is 6. The SMILES string of the molecule is CCCc1cc(SCC(C)C(=O)OC)ncn1. The predicted molar refractivity (Wildman–Crippen MR) is 67.9 cm³/mol. The maximum Gasteiger partial charge on any atom is 0.309 e. The quantitative estimate of drug-likeness (QED) is 0.443. The standard InChI is InChI=1S/C12H18N2O2S/c1-4-5-10-6-11(14-8-13-10)17-7-9(2)12(15)16-3/h6,8-9H,4-5,7H2,1-3H3. The Morgan fingerprint density at radius 3 is 2.94 bits per heavy atom. The van der Waals surface area contributed by atoms with Gasteiger partial charge in [-0.3, -0.25) is 4.79 Å². The molecule has 0 saturated heterocycles. The lowest BCUT2D eigenvalue weighted by Gasteiger charge is -2.08. The van der Waals surface area contributed by atoms with E-state index in [9.17, 15) is 4.79 Å². The number of thioether (sulfide) groups is 1. The van der Waals surface area contributed by atoms with E-state index in [1.54, 1.807) is 18.1 Å². The first kappa shape index (κ1) is 14.0. The van der Waals surface area contributed by atoms with E-state index in [1.807, 2.05) is 13.0 Å². The van der Waals surface area contributed by atoms with Crippen molar-refractivity contribution in [3.05, 3.63) is 18.1 Å². The number of hydrogen-bond donors (Lipinski definition) is 0. The van der Waals surface area contributed by atoms with Crippen LogP contribution < -0.4 is 0 Å². The number of carbonyl (C=O) groups excluding carboxylic acids is 1. The second-order valence-corrected chi connectivity index (χ2v) is 4.87. The summed E-state index contributed by atoms with van der Waals surface area (Å²) < 4.78 is 4.68. The fraction of sp³-hybridized carbons (Fsp3) is 0.583. The Balaban J connectivity index is 2.51. The third-order valence-electron chi connectivity index (χ3n) is 2.29. The zero-order valence-electron chi connectivity index (χ0n) is 10.5. The molecule has 4 nitrogen and oxygen atoms in total. The fourth-order valence-electron chi connectivity index (χ4n) is 1.33. The van der Waals surface area contributed by atoms with Crippen LogP contribution in [0.1, 0.15) is 26.0 Å². The summed E-state index contributed by atoms with van der Waals surface area (Å²) in [5.74, 6) is 0.379. The number of hydrogen-bond acceptors (Lipinski definition) is 5. The van der Waals surface area contributed by atoms with E-state index in [-0.39, 0.29) is 11.9 Å². The highest BCUT2D eigenvalue weighted by atomic mass is 32.2. The van der Waals surface area contributed by atoms with Crippen molar-refractivity contribution in [3.63, 3.8) is 0 Å². The maximum atomic E-state index is 11.2. The van der Waals surface area contributed by atoms with Crippen LogP contribution in [0.4, 0.5) is 0 Å². The number of methoxy groups -OCH3 is 1. The van der Waals surface area contributed by atoms with Gasteiger partial charge in [-0.15, -0.1) is 11.8 Å². The molecular weight excluding hydrogens is 236 g/mol. The molecule has 0 aliphatic heterocycles. The van der Waals surface area contributed by atoms with Crippen LogP contribution in [0, 0.1) is 5.92 Å². The average Bonchev–Trinajstić information content (AvgIpc) is 2.36. The molecule has 0 spiro atoms. The minimum Gasteiger partial charge on any atom is -0.469 e. The van der Waals surface area contributed by atoms with Gasteiger partial charge in [-0.2, -0.15) is 0 Å². The van der Waals surface area contributed by atoms with E-state index < -0.39 is 0 Å². The first-order valence-electron chi connectivity index (χ1n) is 5.69. The van der Waals surface area contributed by atoms with Crippen molar-refractivity contribution in [3.8, 4) is 0 Å². The normalized spacial score (nSPS) is 12.2. The molecule has 0 saturated carbocycles. The van der Waals surface area contributed by atoms with Gasteiger partial charge in [-0.1, -0.05) is 20.3 Å². The van der Waals surface area contributed by atoms with Gasteiger partial charge in [0.25, 0.3) is 0 Å². The summed E-state index contributed by atoms with van der Waals surface area (Å²) >= 11 is 1.56. The summed E-state index contributed by atoms with van der Waals surface area (Å²) in [5.41, 5.74) is 1.05. The lowest BCUT2D eigenvalue weighted by molar-refractivity contribution is -0.143. The number of carbonyl (C=O) groups is 1.